The Hall–Kier alpha value is -1.39. The normalized spacial score (nSPS) is 22.3. The minimum Gasteiger partial charge on any atom is -0.351 e. The van der Waals surface area contributed by atoms with Crippen molar-refractivity contribution >= 4 is 17.6 Å². The summed E-state index contributed by atoms with van der Waals surface area (Å²) in [6.07, 6.45) is 0.245. The van der Waals surface area contributed by atoms with Crippen LogP contribution in [0, 0.1) is 0 Å². The lowest BCUT2D eigenvalue weighted by molar-refractivity contribution is -0.134. The summed E-state index contributed by atoms with van der Waals surface area (Å²) in [5.41, 5.74) is 0. The molecule has 1 saturated heterocycles. The lowest BCUT2D eigenvalue weighted by Crippen LogP contribution is -2.38. The summed E-state index contributed by atoms with van der Waals surface area (Å²) in [6.45, 7) is 4.23. The van der Waals surface area contributed by atoms with Gasteiger partial charge in [0.25, 0.3) is 0 Å². The first-order valence-electron chi connectivity index (χ1n) is 5.05. The van der Waals surface area contributed by atoms with E-state index in [1.807, 2.05) is 6.92 Å². The van der Waals surface area contributed by atoms with Gasteiger partial charge in [0.1, 0.15) is 12.2 Å². The van der Waals surface area contributed by atoms with Gasteiger partial charge in [0.05, 0.1) is 0 Å². The molecule has 1 N–H and O–H groups in total. The molecule has 1 aliphatic rings. The SMILES string of the molecule is CC(=O)CCN1CC(C)NC(=O)CC1=O. The summed E-state index contributed by atoms with van der Waals surface area (Å²) in [7, 11) is 0. The van der Waals surface area contributed by atoms with Gasteiger partial charge in [0, 0.05) is 25.6 Å². The van der Waals surface area contributed by atoms with Crippen molar-refractivity contribution in [3.05, 3.63) is 0 Å². The second kappa shape index (κ2) is 4.91. The highest BCUT2D eigenvalue weighted by atomic mass is 16.2. The van der Waals surface area contributed by atoms with E-state index in [0.29, 0.717) is 19.5 Å². The molecule has 0 aromatic rings. The zero-order valence-corrected chi connectivity index (χ0v) is 9.08. The lowest BCUT2D eigenvalue weighted by Gasteiger charge is -2.21. The number of carbonyl (C=O) groups is 3. The highest BCUT2D eigenvalue weighted by molar-refractivity contribution is 5.97. The highest BCUT2D eigenvalue weighted by Gasteiger charge is 2.24. The molecule has 5 heteroatoms. The van der Waals surface area contributed by atoms with Crippen molar-refractivity contribution in [1.29, 1.82) is 0 Å². The van der Waals surface area contributed by atoms with E-state index in [1.165, 1.54) is 6.92 Å². The number of nitrogens with zero attached hydrogens (tertiary/aromatic N) is 1. The Morgan fingerprint density at radius 1 is 1.53 bits per heavy atom. The number of hydrogen-bond donors (Lipinski definition) is 1. The molecule has 2 amide bonds. The number of rotatable bonds is 3. The zero-order chi connectivity index (χ0) is 11.4. The third kappa shape index (κ3) is 3.69. The number of amides is 2. The predicted molar refractivity (Wildman–Crippen MR) is 54.1 cm³/mol. The summed E-state index contributed by atoms with van der Waals surface area (Å²) in [5, 5.41) is 2.70. The average molecular weight is 212 g/mol. The molecular weight excluding hydrogens is 196 g/mol. The molecule has 1 rings (SSSR count). The fourth-order valence-electron chi connectivity index (χ4n) is 1.56. The molecule has 1 atom stereocenters. The van der Waals surface area contributed by atoms with E-state index < -0.39 is 0 Å². The van der Waals surface area contributed by atoms with Crippen molar-refractivity contribution in [2.45, 2.75) is 32.7 Å². The van der Waals surface area contributed by atoms with Crippen molar-refractivity contribution in [3.8, 4) is 0 Å². The monoisotopic (exact) mass is 212 g/mol. The molecule has 1 aliphatic heterocycles. The lowest BCUT2D eigenvalue weighted by atomic mass is 10.2. The van der Waals surface area contributed by atoms with E-state index in [0.717, 1.165) is 0 Å². The van der Waals surface area contributed by atoms with E-state index in [-0.39, 0.29) is 30.1 Å². The molecule has 0 radical (unpaired) electrons. The summed E-state index contributed by atoms with van der Waals surface area (Å²) in [4.78, 5) is 35.1. The van der Waals surface area contributed by atoms with Crippen molar-refractivity contribution < 1.29 is 14.4 Å². The van der Waals surface area contributed by atoms with Crippen LogP contribution in [0.1, 0.15) is 26.7 Å². The van der Waals surface area contributed by atoms with E-state index in [9.17, 15) is 14.4 Å². The van der Waals surface area contributed by atoms with Gasteiger partial charge in [-0.05, 0) is 13.8 Å². The van der Waals surface area contributed by atoms with Gasteiger partial charge in [0.2, 0.25) is 11.8 Å². The van der Waals surface area contributed by atoms with Crippen molar-refractivity contribution in [3.63, 3.8) is 0 Å². The van der Waals surface area contributed by atoms with E-state index in [1.54, 1.807) is 4.90 Å². The van der Waals surface area contributed by atoms with Crippen LogP contribution in [0.25, 0.3) is 0 Å². The zero-order valence-electron chi connectivity index (χ0n) is 9.08. The highest BCUT2D eigenvalue weighted by Crippen LogP contribution is 2.04. The van der Waals surface area contributed by atoms with Gasteiger partial charge in [-0.3, -0.25) is 14.4 Å². The van der Waals surface area contributed by atoms with Crippen LogP contribution in [-0.2, 0) is 14.4 Å². The topological polar surface area (TPSA) is 66.5 Å². The van der Waals surface area contributed by atoms with Gasteiger partial charge < -0.3 is 10.2 Å². The molecule has 84 valence electrons. The molecule has 15 heavy (non-hydrogen) atoms. The summed E-state index contributed by atoms with van der Waals surface area (Å²) in [6, 6.07) is -0.0455. The smallest absolute Gasteiger partial charge is 0.232 e. The largest absolute Gasteiger partial charge is 0.351 e. The number of nitrogens with one attached hydrogen (secondary N) is 1. The molecule has 0 spiro atoms. The third-order valence-electron chi connectivity index (χ3n) is 2.30. The van der Waals surface area contributed by atoms with Gasteiger partial charge in [0.15, 0.2) is 0 Å². The predicted octanol–water partition coefficient (Wildman–Crippen LogP) is -0.297. The summed E-state index contributed by atoms with van der Waals surface area (Å²) in [5.74, 6) is -0.380. The van der Waals surface area contributed by atoms with E-state index >= 15 is 0 Å². The Morgan fingerprint density at radius 3 is 2.80 bits per heavy atom. The molecule has 0 aromatic heterocycles. The second-order valence-electron chi connectivity index (χ2n) is 3.94. The quantitative estimate of drug-likeness (QED) is 0.653. The van der Waals surface area contributed by atoms with E-state index in [2.05, 4.69) is 5.32 Å². The summed E-state index contributed by atoms with van der Waals surface area (Å²) < 4.78 is 0. The van der Waals surface area contributed by atoms with Gasteiger partial charge in [-0.1, -0.05) is 0 Å². The first-order chi connectivity index (χ1) is 6.99. The van der Waals surface area contributed by atoms with Crippen molar-refractivity contribution in [2.24, 2.45) is 0 Å². The molecule has 0 saturated carbocycles. The number of ketones is 1. The van der Waals surface area contributed by atoms with Gasteiger partial charge >= 0.3 is 0 Å². The molecule has 1 heterocycles. The standard InChI is InChI=1S/C10H16N2O3/c1-7-6-12(4-3-8(2)13)10(15)5-9(14)11-7/h7H,3-6H2,1-2H3,(H,11,14). The molecule has 5 nitrogen and oxygen atoms in total. The first-order valence-corrected chi connectivity index (χ1v) is 5.05. The molecule has 0 bridgehead atoms. The van der Waals surface area contributed by atoms with E-state index in [4.69, 9.17) is 0 Å². The maximum atomic E-state index is 11.5. The summed E-state index contributed by atoms with van der Waals surface area (Å²) >= 11 is 0. The van der Waals surface area contributed by atoms with Gasteiger partial charge in [-0.2, -0.15) is 0 Å². The minimum atomic E-state index is -0.238. The Bertz CT molecular complexity index is 288. The Labute approximate surface area is 88.8 Å². The van der Waals surface area contributed by atoms with Crippen LogP contribution in [0.5, 0.6) is 0 Å². The van der Waals surface area contributed by atoms with Crippen LogP contribution in [0.15, 0.2) is 0 Å². The van der Waals surface area contributed by atoms with Crippen molar-refractivity contribution in [1.82, 2.24) is 10.2 Å². The Kier molecular flexibility index (Phi) is 3.82. The van der Waals surface area contributed by atoms with Gasteiger partial charge in [-0.15, -0.1) is 0 Å². The van der Waals surface area contributed by atoms with Crippen LogP contribution in [0.2, 0.25) is 0 Å². The molecule has 0 aromatic carbocycles. The molecule has 0 aliphatic carbocycles. The maximum absolute atomic E-state index is 11.5. The third-order valence-corrected chi connectivity index (χ3v) is 2.30. The number of Topliss-reactive ketones (excluding diaryl/α,β-unsaturated/α-hetero) is 1. The first kappa shape index (κ1) is 11.7. The Morgan fingerprint density at radius 2 is 2.20 bits per heavy atom. The maximum Gasteiger partial charge on any atom is 0.232 e. The fourth-order valence-corrected chi connectivity index (χ4v) is 1.56. The average Bonchev–Trinajstić information content (AvgIpc) is 2.21. The van der Waals surface area contributed by atoms with Crippen LogP contribution >= 0.6 is 0 Å². The van der Waals surface area contributed by atoms with Crippen LogP contribution in [-0.4, -0.2) is 41.6 Å². The van der Waals surface area contributed by atoms with Gasteiger partial charge in [-0.25, -0.2) is 0 Å². The molecule has 1 unspecified atom stereocenters. The van der Waals surface area contributed by atoms with Crippen LogP contribution < -0.4 is 5.32 Å². The Balaban J connectivity index is 2.57. The second-order valence-corrected chi connectivity index (χ2v) is 3.94. The number of hydrogen-bond acceptors (Lipinski definition) is 3. The molecular formula is C10H16N2O3. The van der Waals surface area contributed by atoms with Crippen LogP contribution in [0.4, 0.5) is 0 Å². The molecule has 1 fully saturated rings. The minimum absolute atomic E-state index is 0.0455. The number of carbonyl (C=O) groups excluding carboxylic acids is 3. The van der Waals surface area contributed by atoms with Crippen molar-refractivity contribution in [2.75, 3.05) is 13.1 Å². The van der Waals surface area contributed by atoms with Crippen LogP contribution in [0.3, 0.4) is 0 Å². The fraction of sp³-hybridized carbons (Fsp3) is 0.700.